The van der Waals surface area contributed by atoms with Crippen LogP contribution in [-0.4, -0.2) is 12.1 Å². The minimum Gasteiger partial charge on any atom is -0.493 e. The normalized spacial score (nSPS) is 11.0. The van der Waals surface area contributed by atoms with E-state index in [1.54, 1.807) is 29.6 Å². The molecule has 0 N–H and O–H groups in total. The maximum absolute atomic E-state index is 13.1. The van der Waals surface area contributed by atoms with E-state index in [0.29, 0.717) is 27.6 Å². The summed E-state index contributed by atoms with van der Waals surface area (Å²) in [6.45, 7) is 0. The Morgan fingerprint density at radius 1 is 1.16 bits per heavy atom. The van der Waals surface area contributed by atoms with Crippen molar-refractivity contribution in [2.45, 2.75) is 0 Å². The number of benzene rings is 2. The van der Waals surface area contributed by atoms with Crippen LogP contribution in [0.3, 0.4) is 0 Å². The average molecular weight is 353 g/mol. The smallest absolute Gasteiger partial charge is 0.345 e. The van der Waals surface area contributed by atoms with Gasteiger partial charge in [0.15, 0.2) is 11.3 Å². The molecular formula is C19H12FNO3S. The van der Waals surface area contributed by atoms with E-state index < -0.39 is 5.63 Å². The van der Waals surface area contributed by atoms with Gasteiger partial charge < -0.3 is 9.15 Å². The average Bonchev–Trinajstić information content (AvgIpc) is 3.11. The Morgan fingerprint density at radius 2 is 1.96 bits per heavy atom. The zero-order valence-electron chi connectivity index (χ0n) is 13.2. The topological polar surface area (TPSA) is 52.3 Å². The summed E-state index contributed by atoms with van der Waals surface area (Å²) >= 11 is 1.39. The molecule has 0 bridgehead atoms. The molecule has 4 nitrogen and oxygen atoms in total. The number of hydrogen-bond donors (Lipinski definition) is 0. The summed E-state index contributed by atoms with van der Waals surface area (Å²) in [7, 11) is 1.53. The molecule has 0 atom stereocenters. The quantitative estimate of drug-likeness (QED) is 0.500. The van der Waals surface area contributed by atoms with E-state index in [-0.39, 0.29) is 5.82 Å². The molecule has 6 heteroatoms. The molecule has 0 amide bonds. The fourth-order valence-electron chi connectivity index (χ4n) is 2.58. The van der Waals surface area contributed by atoms with Gasteiger partial charge in [0.2, 0.25) is 0 Å². The van der Waals surface area contributed by atoms with Gasteiger partial charge in [-0.25, -0.2) is 14.2 Å². The number of ether oxygens (including phenoxy) is 1. The van der Waals surface area contributed by atoms with Crippen molar-refractivity contribution < 1.29 is 13.5 Å². The number of nitrogens with zero attached hydrogens (tertiary/aromatic N) is 1. The molecule has 0 aliphatic heterocycles. The summed E-state index contributed by atoms with van der Waals surface area (Å²) < 4.78 is 23.7. The van der Waals surface area contributed by atoms with Gasteiger partial charge in [-0.1, -0.05) is 12.1 Å². The molecule has 4 aromatic rings. The summed E-state index contributed by atoms with van der Waals surface area (Å²) in [6, 6.07) is 13.2. The van der Waals surface area contributed by atoms with Gasteiger partial charge in [0.1, 0.15) is 10.8 Å². The van der Waals surface area contributed by atoms with E-state index >= 15 is 0 Å². The van der Waals surface area contributed by atoms with Crippen molar-refractivity contribution in [1.82, 2.24) is 4.98 Å². The highest BCUT2D eigenvalue weighted by Crippen LogP contribution is 2.30. The van der Waals surface area contributed by atoms with Crippen molar-refractivity contribution in [3.63, 3.8) is 0 Å². The maximum atomic E-state index is 13.1. The fraction of sp³-hybridized carbons (Fsp3) is 0.0526. The first-order valence-electron chi connectivity index (χ1n) is 7.48. The lowest BCUT2D eigenvalue weighted by molar-refractivity contribution is 0.407. The molecule has 25 heavy (non-hydrogen) atoms. The molecule has 0 aliphatic carbocycles. The lowest BCUT2D eigenvalue weighted by Gasteiger charge is -2.04. The van der Waals surface area contributed by atoms with Crippen LogP contribution in [0.25, 0.3) is 32.8 Å². The van der Waals surface area contributed by atoms with Crippen LogP contribution >= 0.6 is 11.3 Å². The van der Waals surface area contributed by atoms with Gasteiger partial charge in [0.25, 0.3) is 0 Å². The van der Waals surface area contributed by atoms with Crippen LogP contribution in [0.2, 0.25) is 0 Å². The van der Waals surface area contributed by atoms with Gasteiger partial charge in [-0.15, -0.1) is 11.3 Å². The molecule has 4 rings (SSSR count). The minimum atomic E-state index is -0.479. The molecule has 2 aromatic heterocycles. The number of hydrogen-bond acceptors (Lipinski definition) is 5. The fourth-order valence-corrected chi connectivity index (χ4v) is 3.41. The third-order valence-electron chi connectivity index (χ3n) is 3.82. The molecule has 0 saturated carbocycles. The van der Waals surface area contributed by atoms with Gasteiger partial charge in [0, 0.05) is 16.3 Å². The van der Waals surface area contributed by atoms with Gasteiger partial charge >= 0.3 is 5.63 Å². The molecule has 124 valence electrons. The van der Waals surface area contributed by atoms with E-state index in [1.165, 1.54) is 30.6 Å². The van der Waals surface area contributed by atoms with Crippen molar-refractivity contribution >= 4 is 22.3 Å². The molecular weight excluding hydrogens is 341 g/mol. The second-order valence-corrected chi connectivity index (χ2v) is 6.23. The first-order chi connectivity index (χ1) is 12.2. The highest BCUT2D eigenvalue weighted by Gasteiger charge is 2.14. The Hall–Kier alpha value is -2.99. The second-order valence-electron chi connectivity index (χ2n) is 5.37. The molecule has 0 spiro atoms. The molecule has 2 aromatic carbocycles. The number of aromatic nitrogens is 1. The van der Waals surface area contributed by atoms with E-state index in [2.05, 4.69) is 4.98 Å². The molecule has 0 fully saturated rings. The SMILES string of the molecule is COc1cccc2cc(-c3csc(-c4ccc(F)cc4)n3)c(=O)oc12. The van der Waals surface area contributed by atoms with Gasteiger partial charge in [-0.05, 0) is 36.4 Å². The predicted molar refractivity (Wildman–Crippen MR) is 95.5 cm³/mol. The van der Waals surface area contributed by atoms with E-state index in [4.69, 9.17) is 9.15 Å². The van der Waals surface area contributed by atoms with Crippen molar-refractivity contribution in [2.75, 3.05) is 7.11 Å². The third kappa shape index (κ3) is 2.81. The number of methoxy groups -OCH3 is 1. The standard InChI is InChI=1S/C19H12FNO3S/c1-23-16-4-2-3-12-9-14(19(22)24-17(12)16)15-10-25-18(21-15)11-5-7-13(20)8-6-11/h2-10H,1H3. The zero-order chi connectivity index (χ0) is 17.4. The third-order valence-corrected chi connectivity index (χ3v) is 4.71. The Balaban J connectivity index is 1.81. The number of halogens is 1. The Kier molecular flexibility index (Phi) is 3.82. The largest absolute Gasteiger partial charge is 0.493 e. The lowest BCUT2D eigenvalue weighted by Crippen LogP contribution is -2.03. The zero-order valence-corrected chi connectivity index (χ0v) is 14.0. The van der Waals surface area contributed by atoms with Crippen LogP contribution in [0.15, 0.2) is 63.1 Å². The van der Waals surface area contributed by atoms with Gasteiger partial charge in [0.05, 0.1) is 18.4 Å². The van der Waals surface area contributed by atoms with Crippen molar-refractivity contribution in [3.05, 3.63) is 70.1 Å². The molecule has 2 heterocycles. The maximum Gasteiger partial charge on any atom is 0.345 e. The van der Waals surface area contributed by atoms with Crippen molar-refractivity contribution in [1.29, 1.82) is 0 Å². The van der Waals surface area contributed by atoms with Crippen LogP contribution in [0.1, 0.15) is 0 Å². The van der Waals surface area contributed by atoms with Crippen LogP contribution in [0, 0.1) is 5.82 Å². The number of fused-ring (bicyclic) bond motifs is 1. The summed E-state index contributed by atoms with van der Waals surface area (Å²) in [5, 5.41) is 3.25. The van der Waals surface area contributed by atoms with Crippen LogP contribution in [0.4, 0.5) is 4.39 Å². The van der Waals surface area contributed by atoms with E-state index in [1.807, 2.05) is 12.1 Å². The summed E-state index contributed by atoms with van der Waals surface area (Å²) in [5.41, 5.74) is 1.64. The molecule has 0 radical (unpaired) electrons. The number of thiazole rings is 1. The van der Waals surface area contributed by atoms with Crippen LogP contribution in [0.5, 0.6) is 5.75 Å². The Labute approximate surface area is 146 Å². The van der Waals surface area contributed by atoms with Crippen molar-refractivity contribution in [3.8, 4) is 27.6 Å². The monoisotopic (exact) mass is 353 g/mol. The van der Waals surface area contributed by atoms with Gasteiger partial charge in [-0.2, -0.15) is 0 Å². The predicted octanol–water partition coefficient (Wildman–Crippen LogP) is 4.73. The van der Waals surface area contributed by atoms with E-state index in [9.17, 15) is 9.18 Å². The number of rotatable bonds is 3. The molecule has 0 aliphatic rings. The lowest BCUT2D eigenvalue weighted by atomic mass is 10.1. The van der Waals surface area contributed by atoms with Crippen LogP contribution < -0.4 is 10.4 Å². The first-order valence-corrected chi connectivity index (χ1v) is 8.36. The highest BCUT2D eigenvalue weighted by molar-refractivity contribution is 7.13. The van der Waals surface area contributed by atoms with Crippen LogP contribution in [-0.2, 0) is 0 Å². The number of para-hydroxylation sites is 1. The minimum absolute atomic E-state index is 0.301. The first kappa shape index (κ1) is 15.5. The summed E-state index contributed by atoms with van der Waals surface area (Å²) in [5.74, 6) is 0.205. The van der Waals surface area contributed by atoms with Crippen molar-refractivity contribution in [2.24, 2.45) is 0 Å². The molecule has 0 saturated heterocycles. The molecule has 0 unspecified atom stereocenters. The Bertz CT molecular complexity index is 1120. The Morgan fingerprint density at radius 3 is 2.72 bits per heavy atom. The highest BCUT2D eigenvalue weighted by atomic mass is 32.1. The summed E-state index contributed by atoms with van der Waals surface area (Å²) in [6.07, 6.45) is 0. The second kappa shape index (κ2) is 6.14. The summed E-state index contributed by atoms with van der Waals surface area (Å²) in [4.78, 5) is 16.9. The van der Waals surface area contributed by atoms with E-state index in [0.717, 1.165) is 10.9 Å². The van der Waals surface area contributed by atoms with Gasteiger partial charge in [-0.3, -0.25) is 0 Å².